The Morgan fingerprint density at radius 2 is 1.67 bits per heavy atom. The maximum absolute atomic E-state index is 3.56. The quantitative estimate of drug-likeness (QED) is 0.502. The van der Waals surface area contributed by atoms with Crippen LogP contribution in [0, 0.1) is 13.8 Å². The summed E-state index contributed by atoms with van der Waals surface area (Å²) in [6, 6.07) is 0. The second kappa shape index (κ2) is 7.22. The molecule has 0 bridgehead atoms. The average molecular weight is 120 g/mol. The van der Waals surface area contributed by atoms with Crippen LogP contribution < -0.4 is 0 Å². The summed E-state index contributed by atoms with van der Waals surface area (Å²) in [6.45, 7) is 7.10. The van der Waals surface area contributed by atoms with E-state index >= 15 is 0 Å². The molecule has 0 rings (SSSR count). The zero-order valence-corrected chi connectivity index (χ0v) is 5.59. The highest BCUT2D eigenvalue weighted by molar-refractivity contribution is 5.05. The lowest BCUT2D eigenvalue weighted by atomic mass is 10.3. The Morgan fingerprint density at radius 3 is 2.22 bits per heavy atom. The Balaban J connectivity index is 3.25. The highest BCUT2D eigenvalue weighted by Gasteiger charge is 1.64. The molecule has 0 fully saturated rings. The second-order valence-corrected chi connectivity index (χ2v) is 1.56. The Kier molecular flexibility index (Phi) is 6.59. The normalized spacial score (nSPS) is 12.7. The fraction of sp³-hybridized carbons (Fsp3) is 0.111. The molecule has 0 heteroatoms. The van der Waals surface area contributed by atoms with Gasteiger partial charge in [-0.3, -0.25) is 0 Å². The number of hydrogen-bond donors (Lipinski definition) is 0. The average Bonchev–Trinajstić information content (AvgIpc) is 1.89. The molecule has 0 nitrogen and oxygen atoms in total. The summed E-state index contributed by atoms with van der Waals surface area (Å²) >= 11 is 0. The molecule has 9 heavy (non-hydrogen) atoms. The Hall–Kier alpha value is -0.780. The fourth-order valence-electron chi connectivity index (χ4n) is 0.410. The summed E-state index contributed by atoms with van der Waals surface area (Å²) in [7, 11) is 0. The van der Waals surface area contributed by atoms with Crippen LogP contribution in [0.1, 0.15) is 6.42 Å². The molecular weight excluding hydrogens is 108 g/mol. The molecule has 0 saturated heterocycles. The second-order valence-electron chi connectivity index (χ2n) is 1.56. The van der Waals surface area contributed by atoms with Crippen molar-refractivity contribution in [3.8, 4) is 0 Å². The molecule has 0 heterocycles. The lowest BCUT2D eigenvalue weighted by molar-refractivity contribution is 1.39. The molecule has 0 N–H and O–H groups in total. The predicted octanol–water partition coefficient (Wildman–Crippen LogP) is 2.71. The van der Waals surface area contributed by atoms with E-state index < -0.39 is 0 Å². The maximum Gasteiger partial charge on any atom is -0.0166 e. The first kappa shape index (κ1) is 8.22. The van der Waals surface area contributed by atoms with Crippen LogP contribution in [-0.4, -0.2) is 0 Å². The molecule has 0 atom stereocenters. The molecule has 0 aliphatic rings. The van der Waals surface area contributed by atoms with Gasteiger partial charge in [0.25, 0.3) is 0 Å². The van der Waals surface area contributed by atoms with Crippen LogP contribution in [0.15, 0.2) is 36.5 Å². The molecule has 0 aromatic carbocycles. The van der Waals surface area contributed by atoms with Gasteiger partial charge in [-0.1, -0.05) is 36.5 Å². The van der Waals surface area contributed by atoms with Crippen LogP contribution >= 0.6 is 0 Å². The fourth-order valence-corrected chi connectivity index (χ4v) is 0.410. The van der Waals surface area contributed by atoms with Gasteiger partial charge in [0.15, 0.2) is 0 Å². The van der Waals surface area contributed by atoms with Crippen molar-refractivity contribution in [2.45, 2.75) is 6.42 Å². The first-order chi connectivity index (χ1) is 4.41. The van der Waals surface area contributed by atoms with Crippen LogP contribution in [0.25, 0.3) is 0 Å². The summed E-state index contributed by atoms with van der Waals surface area (Å²) in [5.74, 6) is 0. The summed E-state index contributed by atoms with van der Waals surface area (Å²) < 4.78 is 0. The minimum Gasteiger partial charge on any atom is -0.0879 e. The van der Waals surface area contributed by atoms with Gasteiger partial charge >= 0.3 is 0 Å². The van der Waals surface area contributed by atoms with Crippen LogP contribution in [0.2, 0.25) is 0 Å². The van der Waals surface area contributed by atoms with Crippen LogP contribution in [0.3, 0.4) is 0 Å². The van der Waals surface area contributed by atoms with Crippen molar-refractivity contribution >= 4 is 0 Å². The van der Waals surface area contributed by atoms with Crippen molar-refractivity contribution in [3.63, 3.8) is 0 Å². The third kappa shape index (κ3) is 7.22. The van der Waals surface area contributed by atoms with Crippen molar-refractivity contribution in [1.82, 2.24) is 0 Å². The van der Waals surface area contributed by atoms with Crippen molar-refractivity contribution < 1.29 is 0 Å². The number of allylic oxidation sites excluding steroid dienone is 6. The smallest absolute Gasteiger partial charge is 0.0166 e. The molecule has 0 aliphatic heterocycles. The Bertz CT molecular complexity index is 116. The SMILES string of the molecule is [CH2]/C=C/C=C/C/C=C/[CH2]. The monoisotopic (exact) mass is 120 g/mol. The summed E-state index contributed by atoms with van der Waals surface area (Å²) in [5.41, 5.74) is 0. The molecule has 0 aromatic rings. The van der Waals surface area contributed by atoms with Crippen LogP contribution in [-0.2, 0) is 0 Å². The predicted molar refractivity (Wildman–Crippen MR) is 42.8 cm³/mol. The molecule has 2 radical (unpaired) electrons. The van der Waals surface area contributed by atoms with E-state index in [4.69, 9.17) is 0 Å². The lowest BCUT2D eigenvalue weighted by Gasteiger charge is -1.75. The van der Waals surface area contributed by atoms with E-state index in [1.54, 1.807) is 12.2 Å². The largest absolute Gasteiger partial charge is 0.0879 e. The summed E-state index contributed by atoms with van der Waals surface area (Å²) in [5, 5.41) is 0. The van der Waals surface area contributed by atoms with Gasteiger partial charge in [-0.25, -0.2) is 0 Å². The molecule has 0 amide bonds. The van der Waals surface area contributed by atoms with Gasteiger partial charge in [0, 0.05) is 0 Å². The minimum absolute atomic E-state index is 0.952. The maximum atomic E-state index is 3.56. The molecule has 48 valence electrons. The van der Waals surface area contributed by atoms with E-state index in [1.165, 1.54) is 0 Å². The summed E-state index contributed by atoms with van der Waals surface area (Å²) in [4.78, 5) is 0. The van der Waals surface area contributed by atoms with Gasteiger partial charge in [0.2, 0.25) is 0 Å². The van der Waals surface area contributed by atoms with Gasteiger partial charge in [-0.2, -0.15) is 0 Å². The molecule has 0 aromatic heterocycles. The third-order valence-corrected chi connectivity index (χ3v) is 0.822. The van der Waals surface area contributed by atoms with E-state index in [0.29, 0.717) is 0 Å². The first-order valence-electron chi connectivity index (χ1n) is 2.97. The van der Waals surface area contributed by atoms with E-state index in [1.807, 2.05) is 24.3 Å². The van der Waals surface area contributed by atoms with Crippen LogP contribution in [0.5, 0.6) is 0 Å². The highest BCUT2D eigenvalue weighted by atomic mass is 13.7. The van der Waals surface area contributed by atoms with E-state index in [9.17, 15) is 0 Å². The number of hydrogen-bond acceptors (Lipinski definition) is 0. The van der Waals surface area contributed by atoms with Gasteiger partial charge in [-0.05, 0) is 20.3 Å². The Morgan fingerprint density at radius 1 is 0.889 bits per heavy atom. The van der Waals surface area contributed by atoms with Crippen molar-refractivity contribution in [3.05, 3.63) is 50.3 Å². The molecule has 0 unspecified atom stereocenters. The number of rotatable bonds is 3. The molecule has 0 aliphatic carbocycles. The van der Waals surface area contributed by atoms with Crippen LogP contribution in [0.4, 0.5) is 0 Å². The Labute approximate surface area is 57.6 Å². The van der Waals surface area contributed by atoms with Gasteiger partial charge in [-0.15, -0.1) is 0 Å². The van der Waals surface area contributed by atoms with Gasteiger partial charge in [0.1, 0.15) is 0 Å². The van der Waals surface area contributed by atoms with Gasteiger partial charge in [0.05, 0.1) is 0 Å². The topological polar surface area (TPSA) is 0 Å². The van der Waals surface area contributed by atoms with Gasteiger partial charge < -0.3 is 0 Å². The van der Waals surface area contributed by atoms with Crippen molar-refractivity contribution in [2.24, 2.45) is 0 Å². The lowest BCUT2D eigenvalue weighted by Crippen LogP contribution is -1.54. The highest BCUT2D eigenvalue weighted by Crippen LogP contribution is 1.85. The van der Waals surface area contributed by atoms with E-state index in [-0.39, 0.29) is 0 Å². The van der Waals surface area contributed by atoms with Crippen molar-refractivity contribution in [1.29, 1.82) is 0 Å². The molecule has 0 saturated carbocycles. The molecular formula is C9H12. The first-order valence-corrected chi connectivity index (χ1v) is 2.97. The summed E-state index contributed by atoms with van der Waals surface area (Å²) in [6.07, 6.45) is 12.4. The minimum atomic E-state index is 0.952. The van der Waals surface area contributed by atoms with E-state index in [0.717, 1.165) is 6.42 Å². The zero-order valence-electron chi connectivity index (χ0n) is 5.59. The third-order valence-electron chi connectivity index (χ3n) is 0.822. The molecule has 0 spiro atoms. The zero-order chi connectivity index (χ0) is 6.95. The standard InChI is InChI=1S/C9H12/c1-3-5-7-9-8-6-4-2/h3-7,9H,1-2,8H2/b5-3+,6-4+,9-7+. The van der Waals surface area contributed by atoms with E-state index in [2.05, 4.69) is 13.8 Å². The van der Waals surface area contributed by atoms with Crippen molar-refractivity contribution in [2.75, 3.05) is 0 Å².